The van der Waals surface area contributed by atoms with Gasteiger partial charge in [0.05, 0.1) is 23.5 Å². The minimum atomic E-state index is -0.483. The molecule has 0 radical (unpaired) electrons. The summed E-state index contributed by atoms with van der Waals surface area (Å²) in [6.45, 7) is 0.293. The van der Waals surface area contributed by atoms with Gasteiger partial charge in [-0.3, -0.25) is 10.1 Å². The molecule has 2 rings (SSSR count). The Kier molecular flexibility index (Phi) is 5.04. The molecule has 0 N–H and O–H groups in total. The molecule has 0 aliphatic rings. The van der Waals surface area contributed by atoms with E-state index < -0.39 is 10.8 Å². The molecule has 2 aromatic rings. The fourth-order valence-electron chi connectivity index (χ4n) is 1.96. The fraction of sp³-hybridized carbons (Fsp3) is 0.188. The maximum Gasteiger partial charge on any atom is 0.269 e. The van der Waals surface area contributed by atoms with Gasteiger partial charge in [-0.25, -0.2) is 4.39 Å². The number of ether oxygens (including phenoxy) is 1. The first-order valence-electron chi connectivity index (χ1n) is 6.62. The summed E-state index contributed by atoms with van der Waals surface area (Å²) in [5.41, 5.74) is 0.693. The molecule has 0 spiro atoms. The van der Waals surface area contributed by atoms with Gasteiger partial charge in [0, 0.05) is 18.6 Å². The van der Waals surface area contributed by atoms with Crippen molar-refractivity contribution in [1.29, 1.82) is 5.26 Å². The Morgan fingerprint density at radius 3 is 2.36 bits per heavy atom. The molecule has 0 amide bonds. The molecule has 0 fully saturated rings. The molecular weight excluding hydrogens is 287 g/mol. The number of non-ortho nitro benzene ring substituents is 1. The van der Waals surface area contributed by atoms with Gasteiger partial charge in [0.15, 0.2) is 0 Å². The van der Waals surface area contributed by atoms with Crippen molar-refractivity contribution in [3.63, 3.8) is 0 Å². The number of hydrogen-bond acceptors (Lipinski definition) is 4. The third-order valence-electron chi connectivity index (χ3n) is 3.15. The Morgan fingerprint density at radius 2 is 1.82 bits per heavy atom. The second kappa shape index (κ2) is 7.18. The van der Waals surface area contributed by atoms with Crippen LogP contribution in [0.2, 0.25) is 0 Å². The Morgan fingerprint density at radius 1 is 1.18 bits per heavy atom. The van der Waals surface area contributed by atoms with Crippen LogP contribution in [0.15, 0.2) is 48.5 Å². The Balaban J connectivity index is 1.93. The lowest BCUT2D eigenvalue weighted by molar-refractivity contribution is -0.384. The zero-order valence-corrected chi connectivity index (χ0v) is 11.6. The van der Waals surface area contributed by atoms with Crippen molar-refractivity contribution < 1.29 is 14.1 Å². The molecule has 1 unspecified atom stereocenters. The lowest BCUT2D eigenvalue weighted by Gasteiger charge is -2.10. The van der Waals surface area contributed by atoms with E-state index in [1.165, 1.54) is 36.4 Å². The first kappa shape index (κ1) is 15.4. The number of hydrogen-bond donors (Lipinski definition) is 0. The molecule has 0 aliphatic heterocycles. The second-order valence-corrected chi connectivity index (χ2v) is 4.62. The SMILES string of the molecule is N#CC(CCOc1ccc(F)cc1)c1ccc([N+](=O)[O-])cc1. The number of rotatable bonds is 6. The molecule has 1 atom stereocenters. The summed E-state index contributed by atoms with van der Waals surface area (Å²) in [5, 5.41) is 19.8. The van der Waals surface area contributed by atoms with Crippen molar-refractivity contribution in [3.05, 3.63) is 70.0 Å². The summed E-state index contributed by atoms with van der Waals surface area (Å²) in [7, 11) is 0. The first-order chi connectivity index (χ1) is 10.6. The highest BCUT2D eigenvalue weighted by atomic mass is 19.1. The van der Waals surface area contributed by atoms with Crippen LogP contribution in [0, 0.1) is 27.3 Å². The van der Waals surface area contributed by atoms with Crippen LogP contribution in [-0.4, -0.2) is 11.5 Å². The van der Waals surface area contributed by atoms with E-state index in [4.69, 9.17) is 4.74 Å². The second-order valence-electron chi connectivity index (χ2n) is 4.62. The molecule has 0 saturated carbocycles. The topological polar surface area (TPSA) is 76.2 Å². The zero-order valence-electron chi connectivity index (χ0n) is 11.6. The van der Waals surface area contributed by atoms with Crippen molar-refractivity contribution in [2.24, 2.45) is 0 Å². The molecule has 0 aliphatic carbocycles. The molecule has 6 heteroatoms. The van der Waals surface area contributed by atoms with Crippen molar-refractivity contribution in [2.45, 2.75) is 12.3 Å². The van der Waals surface area contributed by atoms with Crippen LogP contribution in [0.3, 0.4) is 0 Å². The summed E-state index contributed by atoms with van der Waals surface area (Å²) in [6, 6.07) is 13.7. The van der Waals surface area contributed by atoms with Crippen LogP contribution in [0.25, 0.3) is 0 Å². The number of halogens is 1. The predicted molar refractivity (Wildman–Crippen MR) is 78.0 cm³/mol. The summed E-state index contributed by atoms with van der Waals surface area (Å²) in [4.78, 5) is 10.1. The maximum absolute atomic E-state index is 12.8. The average molecular weight is 300 g/mol. The van der Waals surface area contributed by atoms with Crippen LogP contribution < -0.4 is 4.74 Å². The molecule has 0 aromatic heterocycles. The summed E-state index contributed by atoms with van der Waals surface area (Å²) >= 11 is 0. The average Bonchev–Trinajstić information content (AvgIpc) is 2.53. The number of nitro benzene ring substituents is 1. The van der Waals surface area contributed by atoms with Gasteiger partial charge in [-0.05, 0) is 29.8 Å². The van der Waals surface area contributed by atoms with Gasteiger partial charge < -0.3 is 4.74 Å². The van der Waals surface area contributed by atoms with Gasteiger partial charge in [-0.1, -0.05) is 12.1 Å². The summed E-state index contributed by atoms with van der Waals surface area (Å²) in [6.07, 6.45) is 0.436. The standard InChI is InChI=1S/C16H13FN2O3/c17-14-3-7-16(8-4-14)22-10-9-13(11-18)12-1-5-15(6-2-12)19(20)21/h1-8,13H,9-10H2. The predicted octanol–water partition coefficient (Wildman–Crippen LogP) is 3.81. The maximum atomic E-state index is 12.8. The molecule has 0 bridgehead atoms. The van der Waals surface area contributed by atoms with Crippen LogP contribution >= 0.6 is 0 Å². The number of benzene rings is 2. The number of nitro groups is 1. The highest BCUT2D eigenvalue weighted by Gasteiger charge is 2.13. The van der Waals surface area contributed by atoms with Gasteiger partial charge >= 0.3 is 0 Å². The molecule has 112 valence electrons. The minimum absolute atomic E-state index is 0.0111. The number of nitrogens with zero attached hydrogens (tertiary/aromatic N) is 2. The quantitative estimate of drug-likeness (QED) is 0.600. The van der Waals surface area contributed by atoms with E-state index in [0.29, 0.717) is 24.3 Å². The van der Waals surface area contributed by atoms with Crippen LogP contribution in [0.1, 0.15) is 17.9 Å². The van der Waals surface area contributed by atoms with E-state index in [9.17, 15) is 19.8 Å². The zero-order chi connectivity index (χ0) is 15.9. The van der Waals surface area contributed by atoms with Gasteiger partial charge in [0.2, 0.25) is 0 Å². The Labute approximate surface area is 126 Å². The summed E-state index contributed by atoms with van der Waals surface area (Å²) < 4.78 is 18.2. The first-order valence-corrected chi connectivity index (χ1v) is 6.62. The molecule has 5 nitrogen and oxygen atoms in total. The van der Waals surface area contributed by atoms with Crippen molar-refractivity contribution in [3.8, 4) is 11.8 Å². The lowest BCUT2D eigenvalue weighted by atomic mass is 9.97. The third-order valence-corrected chi connectivity index (χ3v) is 3.15. The van der Waals surface area contributed by atoms with E-state index in [1.807, 2.05) is 0 Å². The summed E-state index contributed by atoms with van der Waals surface area (Å²) in [5.74, 6) is -0.226. The molecule has 0 saturated heterocycles. The molecule has 2 aromatic carbocycles. The van der Waals surface area contributed by atoms with Crippen LogP contribution in [0.4, 0.5) is 10.1 Å². The monoisotopic (exact) mass is 300 g/mol. The van der Waals surface area contributed by atoms with Crippen molar-refractivity contribution in [2.75, 3.05) is 6.61 Å². The fourth-order valence-corrected chi connectivity index (χ4v) is 1.96. The van der Waals surface area contributed by atoms with E-state index in [1.54, 1.807) is 12.1 Å². The molecular formula is C16H13FN2O3. The van der Waals surface area contributed by atoms with Gasteiger partial charge in [0.25, 0.3) is 5.69 Å². The molecule has 22 heavy (non-hydrogen) atoms. The van der Waals surface area contributed by atoms with Gasteiger partial charge in [-0.2, -0.15) is 5.26 Å². The number of nitriles is 1. The van der Waals surface area contributed by atoms with Gasteiger partial charge in [-0.15, -0.1) is 0 Å². The minimum Gasteiger partial charge on any atom is -0.494 e. The Bertz CT molecular complexity index is 678. The van der Waals surface area contributed by atoms with E-state index >= 15 is 0 Å². The van der Waals surface area contributed by atoms with E-state index in [2.05, 4.69) is 6.07 Å². The third kappa shape index (κ3) is 4.03. The normalized spacial score (nSPS) is 11.5. The van der Waals surface area contributed by atoms with Crippen LogP contribution in [-0.2, 0) is 0 Å². The van der Waals surface area contributed by atoms with E-state index in [0.717, 1.165) is 0 Å². The largest absolute Gasteiger partial charge is 0.494 e. The highest BCUT2D eigenvalue weighted by Crippen LogP contribution is 2.22. The smallest absolute Gasteiger partial charge is 0.269 e. The van der Waals surface area contributed by atoms with Crippen molar-refractivity contribution in [1.82, 2.24) is 0 Å². The van der Waals surface area contributed by atoms with Crippen LogP contribution in [0.5, 0.6) is 5.75 Å². The van der Waals surface area contributed by atoms with E-state index in [-0.39, 0.29) is 11.5 Å². The Hall–Kier alpha value is -2.94. The van der Waals surface area contributed by atoms with Gasteiger partial charge in [0.1, 0.15) is 11.6 Å². The highest BCUT2D eigenvalue weighted by molar-refractivity contribution is 5.36. The lowest BCUT2D eigenvalue weighted by Crippen LogP contribution is -2.04. The molecule has 0 heterocycles. The van der Waals surface area contributed by atoms with Crippen molar-refractivity contribution >= 4 is 5.69 Å².